The molecular formula is C17H29BrN2S. The highest BCUT2D eigenvalue weighted by molar-refractivity contribution is 9.11. The van der Waals surface area contributed by atoms with Crippen LogP contribution in [0.1, 0.15) is 45.6 Å². The van der Waals surface area contributed by atoms with Crippen molar-refractivity contribution < 1.29 is 0 Å². The number of rotatable bonds is 7. The molecular weight excluding hydrogens is 344 g/mol. The van der Waals surface area contributed by atoms with Gasteiger partial charge in [0.2, 0.25) is 0 Å². The first kappa shape index (κ1) is 17.5. The largest absolute Gasteiger partial charge is 0.313 e. The van der Waals surface area contributed by atoms with E-state index < -0.39 is 0 Å². The van der Waals surface area contributed by atoms with E-state index >= 15 is 0 Å². The molecule has 0 aromatic carbocycles. The second-order valence-corrected chi connectivity index (χ2v) is 9.47. The van der Waals surface area contributed by atoms with Crippen molar-refractivity contribution in [1.29, 1.82) is 0 Å². The van der Waals surface area contributed by atoms with Gasteiger partial charge in [0.15, 0.2) is 0 Å². The summed E-state index contributed by atoms with van der Waals surface area (Å²) in [5, 5.41) is 6.07. The molecule has 1 heterocycles. The predicted octanol–water partition coefficient (Wildman–Crippen LogP) is 4.75. The smallest absolute Gasteiger partial charge is 0.0701 e. The lowest BCUT2D eigenvalue weighted by molar-refractivity contribution is 0.200. The molecule has 2 nitrogen and oxygen atoms in total. The molecule has 0 aliphatic heterocycles. The fourth-order valence-corrected chi connectivity index (χ4v) is 4.86. The molecule has 1 aliphatic rings. The van der Waals surface area contributed by atoms with Gasteiger partial charge in [-0.3, -0.25) is 0 Å². The van der Waals surface area contributed by atoms with Gasteiger partial charge in [-0.2, -0.15) is 0 Å². The highest BCUT2D eigenvalue weighted by atomic mass is 79.9. The molecule has 2 rings (SSSR count). The van der Waals surface area contributed by atoms with Crippen LogP contribution in [-0.2, 0) is 6.54 Å². The van der Waals surface area contributed by atoms with Crippen LogP contribution in [0.2, 0.25) is 0 Å². The lowest BCUT2D eigenvalue weighted by atomic mass is 9.84. The lowest BCUT2D eigenvalue weighted by Gasteiger charge is -2.33. The highest BCUT2D eigenvalue weighted by Crippen LogP contribution is 2.41. The normalized spacial score (nSPS) is 24.9. The third-order valence-corrected chi connectivity index (χ3v) is 6.26. The zero-order valence-electron chi connectivity index (χ0n) is 13.8. The van der Waals surface area contributed by atoms with Crippen LogP contribution >= 0.6 is 27.3 Å². The fraction of sp³-hybridized carbons (Fsp3) is 0.765. The molecule has 1 aromatic rings. The maximum Gasteiger partial charge on any atom is 0.0701 e. The number of hydrogen-bond donors (Lipinski definition) is 1. The minimum absolute atomic E-state index is 0.437. The summed E-state index contributed by atoms with van der Waals surface area (Å²) in [6, 6.07) is 2.90. The maximum absolute atomic E-state index is 3.81. The van der Waals surface area contributed by atoms with E-state index in [1.54, 1.807) is 11.3 Å². The zero-order chi connectivity index (χ0) is 15.5. The third kappa shape index (κ3) is 4.78. The summed E-state index contributed by atoms with van der Waals surface area (Å²) >= 11 is 5.33. The van der Waals surface area contributed by atoms with E-state index in [9.17, 15) is 0 Å². The van der Waals surface area contributed by atoms with Gasteiger partial charge >= 0.3 is 0 Å². The lowest BCUT2D eigenvalue weighted by Crippen LogP contribution is -2.45. The highest BCUT2D eigenvalue weighted by Gasteiger charge is 2.41. The quantitative estimate of drug-likeness (QED) is 0.742. The van der Waals surface area contributed by atoms with E-state index in [0.717, 1.165) is 19.0 Å². The number of hydrogen-bond acceptors (Lipinski definition) is 3. The van der Waals surface area contributed by atoms with Crippen molar-refractivity contribution >= 4 is 27.3 Å². The first-order chi connectivity index (χ1) is 9.92. The van der Waals surface area contributed by atoms with Gasteiger partial charge in [-0.25, -0.2) is 0 Å². The van der Waals surface area contributed by atoms with Crippen molar-refractivity contribution in [3.8, 4) is 0 Å². The average Bonchev–Trinajstić information content (AvgIpc) is 2.92. The summed E-state index contributed by atoms with van der Waals surface area (Å²) in [7, 11) is 2.26. The summed E-state index contributed by atoms with van der Waals surface area (Å²) in [6.07, 6.45) is 3.92. The second-order valence-electron chi connectivity index (χ2n) is 7.17. The topological polar surface area (TPSA) is 15.3 Å². The Hall–Kier alpha value is 0.100. The molecule has 1 aliphatic carbocycles. The Labute approximate surface area is 142 Å². The average molecular weight is 373 g/mol. The van der Waals surface area contributed by atoms with Crippen molar-refractivity contribution in [3.63, 3.8) is 0 Å². The van der Waals surface area contributed by atoms with Crippen LogP contribution in [0.3, 0.4) is 0 Å². The van der Waals surface area contributed by atoms with Gasteiger partial charge < -0.3 is 10.2 Å². The number of nitrogens with zero attached hydrogens (tertiary/aromatic N) is 1. The van der Waals surface area contributed by atoms with Gasteiger partial charge in [0, 0.05) is 19.1 Å². The van der Waals surface area contributed by atoms with Gasteiger partial charge in [0.1, 0.15) is 0 Å². The molecule has 1 fully saturated rings. The monoisotopic (exact) mass is 372 g/mol. The van der Waals surface area contributed by atoms with E-state index in [2.05, 4.69) is 65.4 Å². The molecule has 0 spiro atoms. The Bertz CT molecular complexity index is 444. The summed E-state index contributed by atoms with van der Waals surface area (Å²) in [5.41, 5.74) is 1.86. The standard InChI is InChI=1S/C17H29BrN2S/c1-5-8-19-16-14(6-7-17(16,2)3)11-20(4)10-13-9-15(18)21-12-13/h9,12,14,16,19H,5-8,10-11H2,1-4H3. The van der Waals surface area contributed by atoms with Crippen molar-refractivity contribution in [2.75, 3.05) is 20.1 Å². The molecule has 0 radical (unpaired) electrons. The van der Waals surface area contributed by atoms with E-state index in [1.807, 2.05) is 0 Å². The van der Waals surface area contributed by atoms with E-state index in [4.69, 9.17) is 0 Å². The minimum atomic E-state index is 0.437. The SMILES string of the molecule is CCCNC1C(CN(C)Cc2csc(Br)c2)CCC1(C)C. The van der Waals surface area contributed by atoms with Crippen molar-refractivity contribution in [2.24, 2.45) is 11.3 Å². The predicted molar refractivity (Wildman–Crippen MR) is 96.9 cm³/mol. The summed E-state index contributed by atoms with van der Waals surface area (Å²) < 4.78 is 1.23. The number of nitrogens with one attached hydrogen (secondary N) is 1. The van der Waals surface area contributed by atoms with Gasteiger partial charge in [0.25, 0.3) is 0 Å². The Kier molecular flexibility index (Phi) is 6.30. The van der Waals surface area contributed by atoms with Gasteiger partial charge in [0.05, 0.1) is 3.79 Å². The Morgan fingerprint density at radius 1 is 1.48 bits per heavy atom. The van der Waals surface area contributed by atoms with E-state index in [0.29, 0.717) is 11.5 Å². The van der Waals surface area contributed by atoms with Crippen LogP contribution in [0.5, 0.6) is 0 Å². The Morgan fingerprint density at radius 3 is 2.86 bits per heavy atom. The molecule has 0 amide bonds. The number of thiophene rings is 1. The second kappa shape index (κ2) is 7.58. The van der Waals surface area contributed by atoms with E-state index in [-0.39, 0.29) is 0 Å². The molecule has 0 bridgehead atoms. The first-order valence-electron chi connectivity index (χ1n) is 8.07. The van der Waals surface area contributed by atoms with Crippen molar-refractivity contribution in [2.45, 2.75) is 52.6 Å². The third-order valence-electron chi connectivity index (χ3n) is 4.71. The fourth-order valence-electron chi connectivity index (χ4n) is 3.66. The van der Waals surface area contributed by atoms with Crippen molar-refractivity contribution in [1.82, 2.24) is 10.2 Å². The van der Waals surface area contributed by atoms with E-state index in [1.165, 1.54) is 35.2 Å². The minimum Gasteiger partial charge on any atom is -0.313 e. The van der Waals surface area contributed by atoms with Crippen molar-refractivity contribution in [3.05, 3.63) is 20.8 Å². The Balaban J connectivity index is 1.90. The molecule has 1 saturated carbocycles. The first-order valence-corrected chi connectivity index (χ1v) is 9.74. The molecule has 2 atom stereocenters. The Morgan fingerprint density at radius 2 is 2.24 bits per heavy atom. The molecule has 2 unspecified atom stereocenters. The molecule has 120 valence electrons. The van der Waals surface area contributed by atoms with Crippen LogP contribution in [0.15, 0.2) is 15.2 Å². The van der Waals surface area contributed by atoms with Crippen LogP contribution in [0.4, 0.5) is 0 Å². The van der Waals surface area contributed by atoms with Gasteiger partial charge in [-0.15, -0.1) is 11.3 Å². The van der Waals surface area contributed by atoms with Crippen LogP contribution < -0.4 is 5.32 Å². The van der Waals surface area contributed by atoms with Crippen LogP contribution in [-0.4, -0.2) is 31.1 Å². The summed E-state index contributed by atoms with van der Waals surface area (Å²) in [5.74, 6) is 0.777. The summed E-state index contributed by atoms with van der Waals surface area (Å²) in [4.78, 5) is 2.49. The van der Waals surface area contributed by atoms with Crippen LogP contribution in [0, 0.1) is 11.3 Å². The van der Waals surface area contributed by atoms with Gasteiger partial charge in [-0.05, 0) is 77.1 Å². The molecule has 0 saturated heterocycles. The molecule has 1 N–H and O–H groups in total. The molecule has 1 aromatic heterocycles. The van der Waals surface area contributed by atoms with Gasteiger partial charge in [-0.1, -0.05) is 20.8 Å². The van der Waals surface area contributed by atoms with Crippen LogP contribution in [0.25, 0.3) is 0 Å². The maximum atomic E-state index is 3.81. The zero-order valence-corrected chi connectivity index (χ0v) is 16.2. The molecule has 4 heteroatoms. The molecule has 21 heavy (non-hydrogen) atoms. The summed E-state index contributed by atoms with van der Waals surface area (Å²) in [6.45, 7) is 10.5. The number of halogens is 1.